The number of aromatic hydroxyl groups is 2. The molecule has 0 heterocycles. The molecule has 0 aromatic heterocycles. The molecule has 0 amide bonds. The first kappa shape index (κ1) is 30.4. The average Bonchev–Trinajstić information content (AvgIpc) is 2.77. The van der Waals surface area contributed by atoms with Crippen molar-refractivity contribution in [2.45, 2.75) is 20.3 Å². The van der Waals surface area contributed by atoms with E-state index >= 15 is 0 Å². The number of carbonyl (C=O) groups excluding carboxylic acids is 2. The maximum absolute atomic E-state index is 11.9. The molecule has 0 radical (unpaired) electrons. The highest BCUT2D eigenvalue weighted by atomic mass is 16.5. The lowest BCUT2D eigenvalue weighted by molar-refractivity contribution is -0.135. The minimum absolute atomic E-state index is 0.00662. The normalized spacial score (nSPS) is 9.94. The van der Waals surface area contributed by atoms with Gasteiger partial charge in [-0.05, 0) is 47.5 Å². The van der Waals surface area contributed by atoms with Gasteiger partial charge in [0.1, 0.15) is 0 Å². The number of ether oxygens (including phenoxy) is 2. The predicted octanol–water partition coefficient (Wildman–Crippen LogP) is 3.55. The fourth-order valence-electron chi connectivity index (χ4n) is 2.26. The maximum atomic E-state index is 11.9. The van der Waals surface area contributed by atoms with E-state index in [4.69, 9.17) is 29.3 Å². The molecule has 0 saturated heterocycles. The molecule has 0 spiro atoms. The molecule has 0 unspecified atom stereocenters. The third-order valence-electron chi connectivity index (χ3n) is 3.68. The van der Waals surface area contributed by atoms with E-state index in [0.717, 1.165) is 13.8 Å². The van der Waals surface area contributed by atoms with Gasteiger partial charge in [0.05, 0.1) is 20.6 Å². The van der Waals surface area contributed by atoms with Gasteiger partial charge < -0.3 is 29.9 Å². The first-order valence-electron chi connectivity index (χ1n) is 9.94. The van der Waals surface area contributed by atoms with Crippen molar-refractivity contribution in [3.05, 3.63) is 59.7 Å². The first-order chi connectivity index (χ1) is 16.4. The fraction of sp³-hybridized carbons (Fsp3) is 0.200. The van der Waals surface area contributed by atoms with Gasteiger partial charge in [-0.25, -0.2) is 0 Å². The summed E-state index contributed by atoms with van der Waals surface area (Å²) < 4.78 is 10.00. The van der Waals surface area contributed by atoms with Crippen LogP contribution in [0.4, 0.5) is 0 Å². The van der Waals surface area contributed by atoms with E-state index in [1.807, 2.05) is 0 Å². The molecule has 10 heteroatoms. The van der Waals surface area contributed by atoms with Crippen LogP contribution in [0.3, 0.4) is 0 Å². The largest absolute Gasteiger partial charge is 0.504 e. The second-order valence-corrected chi connectivity index (χ2v) is 6.68. The highest BCUT2D eigenvalue weighted by Gasteiger charge is 2.06. The first-order valence-corrected chi connectivity index (χ1v) is 9.94. The minimum atomic E-state index is -0.833. The Morgan fingerprint density at radius 2 is 1.03 bits per heavy atom. The molecule has 10 nitrogen and oxygen atoms in total. The fourth-order valence-corrected chi connectivity index (χ4v) is 2.26. The quantitative estimate of drug-likeness (QED) is 0.318. The second kappa shape index (κ2) is 16.1. The Morgan fingerprint density at radius 1 is 0.714 bits per heavy atom. The van der Waals surface area contributed by atoms with Crippen molar-refractivity contribution in [3.8, 4) is 23.0 Å². The lowest BCUT2D eigenvalue weighted by Crippen LogP contribution is -2.01. The Kier molecular flexibility index (Phi) is 14.0. The predicted molar refractivity (Wildman–Crippen MR) is 129 cm³/mol. The highest BCUT2D eigenvalue weighted by molar-refractivity contribution is 6.10. The standard InChI is InChI=1S/C21H20O6.2C2H4O2/c1-26-20-11-14(5-9-18(20)24)3-7-16(22)13-17(23)8-4-15-6-10-19(25)21(12-15)27-2;2*1-2(3)4/h3-12,24-25H,13H2,1-2H3;2*1H3,(H,3,4)/b7-3+,8-4+;;. The van der Waals surface area contributed by atoms with E-state index in [2.05, 4.69) is 0 Å². The van der Waals surface area contributed by atoms with E-state index in [0.29, 0.717) is 22.6 Å². The van der Waals surface area contributed by atoms with Crippen molar-refractivity contribution in [2.24, 2.45) is 0 Å². The topological polar surface area (TPSA) is 168 Å². The summed E-state index contributed by atoms with van der Waals surface area (Å²) >= 11 is 0. The molecule has 0 atom stereocenters. The molecule has 188 valence electrons. The summed E-state index contributed by atoms with van der Waals surface area (Å²) in [5.41, 5.74) is 1.33. The van der Waals surface area contributed by atoms with Gasteiger partial charge in [-0.2, -0.15) is 0 Å². The number of benzene rings is 2. The van der Waals surface area contributed by atoms with Gasteiger partial charge in [0.15, 0.2) is 34.6 Å². The molecule has 0 bridgehead atoms. The van der Waals surface area contributed by atoms with Gasteiger partial charge in [0, 0.05) is 13.8 Å². The molecular weight excluding hydrogens is 460 g/mol. The zero-order chi connectivity index (χ0) is 27.0. The van der Waals surface area contributed by atoms with Crippen molar-refractivity contribution < 1.29 is 49.1 Å². The number of rotatable bonds is 8. The number of ketones is 2. The SMILES string of the molecule is CC(=O)O.CC(=O)O.COc1cc(/C=C/C(=O)CC(=O)/C=C/c2ccc(O)c(OC)c2)ccc1O. The number of carbonyl (C=O) groups is 4. The van der Waals surface area contributed by atoms with E-state index in [1.165, 1.54) is 38.5 Å². The minimum Gasteiger partial charge on any atom is -0.504 e. The third kappa shape index (κ3) is 14.2. The van der Waals surface area contributed by atoms with Gasteiger partial charge >= 0.3 is 0 Å². The average molecular weight is 488 g/mol. The molecule has 35 heavy (non-hydrogen) atoms. The van der Waals surface area contributed by atoms with Gasteiger partial charge in [0.2, 0.25) is 0 Å². The maximum Gasteiger partial charge on any atom is 0.300 e. The lowest BCUT2D eigenvalue weighted by Gasteiger charge is -2.03. The zero-order valence-electron chi connectivity index (χ0n) is 19.7. The number of carboxylic acid groups (broad SMARTS) is 2. The van der Waals surface area contributed by atoms with Crippen molar-refractivity contribution in [3.63, 3.8) is 0 Å². The molecule has 2 rings (SSSR count). The second-order valence-electron chi connectivity index (χ2n) is 6.68. The van der Waals surface area contributed by atoms with Crippen LogP contribution in [0.1, 0.15) is 31.4 Å². The third-order valence-corrected chi connectivity index (χ3v) is 3.68. The van der Waals surface area contributed by atoms with E-state index in [1.54, 1.807) is 36.4 Å². The molecular formula is C25H28O10. The van der Waals surface area contributed by atoms with E-state index in [9.17, 15) is 19.8 Å². The molecule has 0 fully saturated rings. The molecule has 0 saturated carbocycles. The van der Waals surface area contributed by atoms with Crippen LogP contribution in [0.2, 0.25) is 0 Å². The van der Waals surface area contributed by atoms with Crippen molar-refractivity contribution in [1.82, 2.24) is 0 Å². The molecule has 2 aromatic carbocycles. The summed E-state index contributed by atoms with van der Waals surface area (Å²) in [5.74, 6) is -1.75. The Hall–Kier alpha value is -4.60. The van der Waals surface area contributed by atoms with Gasteiger partial charge in [0.25, 0.3) is 11.9 Å². The number of hydrogen-bond donors (Lipinski definition) is 4. The highest BCUT2D eigenvalue weighted by Crippen LogP contribution is 2.27. The van der Waals surface area contributed by atoms with Crippen molar-refractivity contribution in [1.29, 1.82) is 0 Å². The Bertz CT molecular complexity index is 990. The monoisotopic (exact) mass is 488 g/mol. The Morgan fingerprint density at radius 3 is 1.31 bits per heavy atom. The number of allylic oxidation sites excluding steroid dienone is 2. The molecule has 2 aromatic rings. The molecule has 0 aliphatic rings. The van der Waals surface area contributed by atoms with Gasteiger partial charge in [-0.3, -0.25) is 19.2 Å². The number of phenolic OH excluding ortho intramolecular Hbond substituents is 2. The van der Waals surface area contributed by atoms with Crippen LogP contribution in [0.15, 0.2) is 48.6 Å². The van der Waals surface area contributed by atoms with Crippen molar-refractivity contribution >= 4 is 35.7 Å². The van der Waals surface area contributed by atoms with Crippen LogP contribution < -0.4 is 9.47 Å². The van der Waals surface area contributed by atoms with Gasteiger partial charge in [-0.1, -0.05) is 24.3 Å². The molecule has 0 aliphatic carbocycles. The van der Waals surface area contributed by atoms with E-state index < -0.39 is 11.9 Å². The summed E-state index contributed by atoms with van der Waals surface area (Å²) in [7, 11) is 2.87. The van der Waals surface area contributed by atoms with Crippen molar-refractivity contribution in [2.75, 3.05) is 14.2 Å². The number of methoxy groups -OCH3 is 2. The van der Waals surface area contributed by atoms with Crippen LogP contribution in [0.25, 0.3) is 12.2 Å². The summed E-state index contributed by atoms with van der Waals surface area (Å²) in [4.78, 5) is 41.9. The van der Waals surface area contributed by atoms with Crippen LogP contribution in [-0.4, -0.2) is 58.2 Å². The smallest absolute Gasteiger partial charge is 0.300 e. The lowest BCUT2D eigenvalue weighted by atomic mass is 10.1. The zero-order valence-corrected chi connectivity index (χ0v) is 19.7. The van der Waals surface area contributed by atoms with Crippen LogP contribution in [0, 0.1) is 0 Å². The summed E-state index contributed by atoms with van der Waals surface area (Å²) in [5, 5.41) is 33.9. The molecule has 0 aliphatic heterocycles. The van der Waals surface area contributed by atoms with Crippen LogP contribution >= 0.6 is 0 Å². The summed E-state index contributed by atoms with van der Waals surface area (Å²) in [6.07, 6.45) is 5.44. The summed E-state index contributed by atoms with van der Waals surface area (Å²) in [6.45, 7) is 2.17. The number of carboxylic acids is 2. The van der Waals surface area contributed by atoms with E-state index in [-0.39, 0.29) is 29.5 Å². The number of hydrogen-bond acceptors (Lipinski definition) is 8. The molecule has 4 N–H and O–H groups in total. The number of phenols is 2. The van der Waals surface area contributed by atoms with Crippen LogP contribution in [-0.2, 0) is 19.2 Å². The summed E-state index contributed by atoms with van der Waals surface area (Å²) in [6, 6.07) is 9.34. The Balaban J connectivity index is 0.00000126. The van der Waals surface area contributed by atoms with Crippen LogP contribution in [0.5, 0.6) is 23.0 Å². The Labute approximate surface area is 202 Å². The van der Waals surface area contributed by atoms with Gasteiger partial charge in [-0.15, -0.1) is 0 Å². The number of aliphatic carboxylic acids is 2.